The number of rotatable bonds is 2. The van der Waals surface area contributed by atoms with E-state index in [0.717, 1.165) is 6.20 Å². The third-order valence-electron chi connectivity index (χ3n) is 1.18. The van der Waals surface area contributed by atoms with E-state index >= 15 is 0 Å². The van der Waals surface area contributed by atoms with Crippen molar-refractivity contribution < 1.29 is 27.1 Å². The van der Waals surface area contributed by atoms with Gasteiger partial charge in [0.1, 0.15) is 0 Å². The fourth-order valence-electron chi connectivity index (χ4n) is 0.689. The molecule has 0 aromatic carbocycles. The Balaban J connectivity index is 2.95. The zero-order valence-corrected chi connectivity index (χ0v) is 6.51. The van der Waals surface area contributed by atoms with E-state index in [1.807, 2.05) is 0 Å². The van der Waals surface area contributed by atoms with Gasteiger partial charge in [-0.2, -0.15) is 0 Å². The van der Waals surface area contributed by atoms with Crippen molar-refractivity contribution in [3.8, 4) is 5.88 Å². The van der Waals surface area contributed by atoms with E-state index in [1.54, 1.807) is 0 Å². The van der Waals surface area contributed by atoms with Gasteiger partial charge in [0.25, 0.3) is 5.88 Å². The topological polar surface area (TPSA) is 39.2 Å². The lowest BCUT2D eigenvalue weighted by Gasteiger charge is -2.07. The van der Waals surface area contributed by atoms with Crippen molar-refractivity contribution in [2.24, 2.45) is 0 Å². The maximum Gasteiger partial charge on any atom is 0.574 e. The monoisotopic (exact) mass is 209 g/mol. The van der Waals surface area contributed by atoms with Crippen LogP contribution < -0.4 is 4.74 Å². The van der Waals surface area contributed by atoms with Crippen LogP contribution in [-0.4, -0.2) is 17.6 Å². The van der Waals surface area contributed by atoms with Crippen molar-refractivity contribution in [1.82, 2.24) is 4.98 Å². The number of hydrogen-bond acceptors (Lipinski definition) is 3. The highest BCUT2D eigenvalue weighted by Gasteiger charge is 2.33. The Morgan fingerprint density at radius 1 is 1.43 bits per heavy atom. The van der Waals surface area contributed by atoms with Crippen molar-refractivity contribution in [3.63, 3.8) is 0 Å². The highest BCUT2D eigenvalue weighted by molar-refractivity contribution is 5.74. The molecule has 0 atom stereocenters. The Labute approximate surface area is 75.3 Å². The number of ether oxygens (including phenoxy) is 1. The van der Waals surface area contributed by atoms with Crippen LogP contribution in [0.15, 0.2) is 12.3 Å². The SMILES string of the molecule is O=Cc1cnc(OC(F)(F)F)c(F)c1. The van der Waals surface area contributed by atoms with E-state index in [9.17, 15) is 22.4 Å². The number of nitrogens with zero attached hydrogens (tertiary/aromatic N) is 1. The lowest BCUT2D eigenvalue weighted by Crippen LogP contribution is -2.18. The van der Waals surface area contributed by atoms with Gasteiger partial charge in [0.15, 0.2) is 12.1 Å². The Bertz CT molecular complexity index is 350. The fraction of sp³-hybridized carbons (Fsp3) is 0.143. The summed E-state index contributed by atoms with van der Waals surface area (Å²) in [4.78, 5) is 13.1. The third kappa shape index (κ3) is 2.68. The van der Waals surface area contributed by atoms with Crippen molar-refractivity contribution in [3.05, 3.63) is 23.6 Å². The molecule has 0 aliphatic carbocycles. The van der Waals surface area contributed by atoms with Crippen molar-refractivity contribution >= 4 is 6.29 Å². The highest BCUT2D eigenvalue weighted by atomic mass is 19.4. The first-order valence-corrected chi connectivity index (χ1v) is 3.29. The molecule has 1 rings (SSSR count). The molecule has 1 aromatic rings. The third-order valence-corrected chi connectivity index (χ3v) is 1.18. The molecule has 0 aliphatic rings. The number of aldehydes is 1. The number of carbonyl (C=O) groups is 1. The first kappa shape index (κ1) is 10.4. The van der Waals surface area contributed by atoms with E-state index < -0.39 is 18.1 Å². The minimum absolute atomic E-state index is 0.169. The van der Waals surface area contributed by atoms with Crippen LogP contribution in [0.1, 0.15) is 10.4 Å². The average molecular weight is 209 g/mol. The molecule has 0 amide bonds. The van der Waals surface area contributed by atoms with E-state index in [2.05, 4.69) is 9.72 Å². The van der Waals surface area contributed by atoms with E-state index in [0.29, 0.717) is 6.07 Å². The predicted octanol–water partition coefficient (Wildman–Crippen LogP) is 1.93. The minimum Gasteiger partial charge on any atom is -0.385 e. The molecule has 1 aromatic heterocycles. The Hall–Kier alpha value is -1.66. The van der Waals surface area contributed by atoms with Crippen LogP contribution >= 0.6 is 0 Å². The van der Waals surface area contributed by atoms with Crippen LogP contribution in [0.2, 0.25) is 0 Å². The fourth-order valence-corrected chi connectivity index (χ4v) is 0.689. The Morgan fingerprint density at radius 2 is 2.07 bits per heavy atom. The maximum absolute atomic E-state index is 12.7. The molecule has 0 saturated heterocycles. The number of pyridine rings is 1. The van der Waals surface area contributed by atoms with Crippen LogP contribution in [-0.2, 0) is 0 Å². The Kier molecular flexibility index (Phi) is 2.68. The van der Waals surface area contributed by atoms with Crippen LogP contribution in [0.3, 0.4) is 0 Å². The molecule has 76 valence electrons. The zero-order valence-electron chi connectivity index (χ0n) is 6.51. The summed E-state index contributed by atoms with van der Waals surface area (Å²) in [6.07, 6.45) is -3.97. The molecule has 3 nitrogen and oxygen atoms in total. The first-order valence-electron chi connectivity index (χ1n) is 3.29. The molecular weight excluding hydrogens is 206 g/mol. The van der Waals surface area contributed by atoms with E-state index in [1.165, 1.54) is 0 Å². The van der Waals surface area contributed by atoms with Gasteiger partial charge >= 0.3 is 6.36 Å². The molecule has 0 bridgehead atoms. The summed E-state index contributed by atoms with van der Waals surface area (Å²) in [6, 6.07) is 0.598. The number of halogens is 4. The van der Waals surface area contributed by atoms with Gasteiger partial charge in [-0.05, 0) is 6.07 Å². The summed E-state index contributed by atoms with van der Waals surface area (Å²) in [5.41, 5.74) is -0.169. The highest BCUT2D eigenvalue weighted by Crippen LogP contribution is 2.23. The van der Waals surface area contributed by atoms with Gasteiger partial charge in [-0.3, -0.25) is 4.79 Å². The summed E-state index contributed by atoms with van der Waals surface area (Å²) in [6.45, 7) is 0. The molecule has 0 aliphatic heterocycles. The second-order valence-corrected chi connectivity index (χ2v) is 2.22. The summed E-state index contributed by atoms with van der Waals surface area (Å²) in [5.74, 6) is -2.55. The van der Waals surface area contributed by atoms with Crippen LogP contribution in [0, 0.1) is 5.82 Å². The molecule has 14 heavy (non-hydrogen) atoms. The van der Waals surface area contributed by atoms with Gasteiger partial charge in [-0.25, -0.2) is 9.37 Å². The van der Waals surface area contributed by atoms with Gasteiger partial charge in [-0.15, -0.1) is 13.2 Å². The first-order chi connectivity index (χ1) is 6.42. The number of aromatic nitrogens is 1. The van der Waals surface area contributed by atoms with Crippen molar-refractivity contribution in [2.75, 3.05) is 0 Å². The quantitative estimate of drug-likeness (QED) is 0.551. The molecule has 0 N–H and O–H groups in total. The Morgan fingerprint density at radius 3 is 2.50 bits per heavy atom. The second kappa shape index (κ2) is 3.60. The molecule has 0 fully saturated rings. The maximum atomic E-state index is 12.7. The van der Waals surface area contributed by atoms with E-state index in [-0.39, 0.29) is 11.8 Å². The number of carbonyl (C=O) groups excluding carboxylic acids is 1. The van der Waals surface area contributed by atoms with Crippen LogP contribution in [0.25, 0.3) is 0 Å². The largest absolute Gasteiger partial charge is 0.574 e. The number of hydrogen-bond donors (Lipinski definition) is 0. The lowest BCUT2D eigenvalue weighted by atomic mass is 10.3. The van der Waals surface area contributed by atoms with E-state index in [4.69, 9.17) is 0 Å². The lowest BCUT2D eigenvalue weighted by molar-refractivity contribution is -0.277. The number of alkyl halides is 3. The molecule has 1 heterocycles. The van der Waals surface area contributed by atoms with Gasteiger partial charge in [0.2, 0.25) is 0 Å². The van der Waals surface area contributed by atoms with Gasteiger partial charge in [0, 0.05) is 11.8 Å². The van der Waals surface area contributed by atoms with Gasteiger partial charge in [0.05, 0.1) is 0 Å². The predicted molar refractivity (Wildman–Crippen MR) is 36.3 cm³/mol. The second-order valence-electron chi connectivity index (χ2n) is 2.22. The van der Waals surface area contributed by atoms with Crippen molar-refractivity contribution in [1.29, 1.82) is 0 Å². The summed E-state index contributed by atoms with van der Waals surface area (Å²) < 4.78 is 50.8. The molecule has 7 heteroatoms. The van der Waals surface area contributed by atoms with Crippen LogP contribution in [0.4, 0.5) is 17.6 Å². The summed E-state index contributed by atoms with van der Waals surface area (Å²) >= 11 is 0. The smallest absolute Gasteiger partial charge is 0.385 e. The van der Waals surface area contributed by atoms with Gasteiger partial charge < -0.3 is 4.74 Å². The van der Waals surface area contributed by atoms with Crippen molar-refractivity contribution in [2.45, 2.75) is 6.36 Å². The molecule has 0 unspecified atom stereocenters. The average Bonchev–Trinajstić information content (AvgIpc) is 2.06. The van der Waals surface area contributed by atoms with Gasteiger partial charge in [-0.1, -0.05) is 0 Å². The molecule has 0 spiro atoms. The standard InChI is InChI=1S/C7H3F4NO2/c8-5-1-4(3-13)2-12-6(5)14-7(9,10)11/h1-3H. The molecule has 0 radical (unpaired) electrons. The summed E-state index contributed by atoms with van der Waals surface area (Å²) in [7, 11) is 0. The molecule has 0 saturated carbocycles. The molecular formula is C7H3F4NO2. The summed E-state index contributed by atoms with van der Waals surface area (Å²) in [5, 5.41) is 0. The minimum atomic E-state index is -5.00. The van der Waals surface area contributed by atoms with Crippen LogP contribution in [0.5, 0.6) is 5.88 Å². The zero-order chi connectivity index (χ0) is 10.8. The normalized spacial score (nSPS) is 11.1.